The first kappa shape index (κ1) is 16.4. The number of aromatic nitrogens is 2. The molecule has 0 aliphatic heterocycles. The van der Waals surface area contributed by atoms with E-state index in [0.717, 1.165) is 24.2 Å². The van der Waals surface area contributed by atoms with Gasteiger partial charge in [0.05, 0.1) is 12.3 Å². The second kappa shape index (κ2) is 6.24. The lowest BCUT2D eigenvalue weighted by Crippen LogP contribution is -2.35. The van der Waals surface area contributed by atoms with Gasteiger partial charge in [0.1, 0.15) is 5.69 Å². The van der Waals surface area contributed by atoms with E-state index in [-0.39, 0.29) is 12.0 Å². The first-order valence-corrected chi connectivity index (χ1v) is 7.91. The minimum atomic E-state index is -0.465. The third-order valence-electron chi connectivity index (χ3n) is 4.36. The highest BCUT2D eigenvalue weighted by Gasteiger charge is 2.42. The van der Waals surface area contributed by atoms with E-state index in [1.807, 2.05) is 19.9 Å². The zero-order valence-corrected chi connectivity index (χ0v) is 13.8. The summed E-state index contributed by atoms with van der Waals surface area (Å²) in [7, 11) is 0. The number of urea groups is 1. The number of nitrogens with zero attached hydrogens (tertiary/aromatic N) is 2. The standard InChI is InChI=1S/C17H21FN4O2/c1-11-7-12(2)22(21-11)15-4-3-13(8-14(15)18)20-16(24)19-9-17(10-23)5-6-17/h3-4,7-8,23H,5-6,9-10H2,1-2H3,(H2,19,20,24). The van der Waals surface area contributed by atoms with Gasteiger partial charge in [0.25, 0.3) is 0 Å². The smallest absolute Gasteiger partial charge is 0.319 e. The number of amides is 2. The summed E-state index contributed by atoms with van der Waals surface area (Å²) >= 11 is 0. The molecule has 1 aliphatic carbocycles. The van der Waals surface area contributed by atoms with Crippen molar-refractivity contribution in [1.29, 1.82) is 0 Å². The van der Waals surface area contributed by atoms with Crippen LogP contribution in [0.15, 0.2) is 24.3 Å². The van der Waals surface area contributed by atoms with Gasteiger partial charge in [-0.1, -0.05) is 0 Å². The van der Waals surface area contributed by atoms with Crippen LogP contribution in [0.3, 0.4) is 0 Å². The molecule has 7 heteroatoms. The minimum absolute atomic E-state index is 0.0687. The van der Waals surface area contributed by atoms with Crippen LogP contribution in [0.2, 0.25) is 0 Å². The van der Waals surface area contributed by atoms with Crippen LogP contribution in [0.4, 0.5) is 14.9 Å². The van der Waals surface area contributed by atoms with Crippen molar-refractivity contribution in [3.63, 3.8) is 0 Å². The van der Waals surface area contributed by atoms with Gasteiger partial charge in [0.15, 0.2) is 5.82 Å². The molecule has 0 unspecified atom stereocenters. The van der Waals surface area contributed by atoms with Crippen molar-refractivity contribution in [2.45, 2.75) is 26.7 Å². The number of carbonyl (C=O) groups is 1. The highest BCUT2D eigenvalue weighted by atomic mass is 19.1. The molecular formula is C17H21FN4O2. The largest absolute Gasteiger partial charge is 0.396 e. The van der Waals surface area contributed by atoms with E-state index in [1.54, 1.807) is 12.1 Å². The Bertz CT molecular complexity index is 768. The number of benzene rings is 1. The van der Waals surface area contributed by atoms with Crippen LogP contribution in [0.25, 0.3) is 5.69 Å². The van der Waals surface area contributed by atoms with Crippen molar-refractivity contribution >= 4 is 11.7 Å². The average Bonchev–Trinajstić information content (AvgIpc) is 3.24. The normalized spacial score (nSPS) is 15.2. The van der Waals surface area contributed by atoms with Crippen LogP contribution in [0.5, 0.6) is 0 Å². The Hall–Kier alpha value is -2.41. The number of aliphatic hydroxyl groups excluding tert-OH is 1. The SMILES string of the molecule is Cc1cc(C)n(-c2ccc(NC(=O)NCC3(CO)CC3)cc2F)n1. The van der Waals surface area contributed by atoms with Crippen LogP contribution >= 0.6 is 0 Å². The summed E-state index contributed by atoms with van der Waals surface area (Å²) in [5.74, 6) is -0.465. The van der Waals surface area contributed by atoms with Gasteiger partial charge in [0, 0.05) is 23.3 Å². The predicted octanol–water partition coefficient (Wildman–Crippen LogP) is 2.52. The molecule has 1 aliphatic rings. The predicted molar refractivity (Wildman–Crippen MR) is 88.8 cm³/mol. The molecule has 2 amide bonds. The molecule has 2 aromatic rings. The molecule has 24 heavy (non-hydrogen) atoms. The van der Waals surface area contributed by atoms with E-state index >= 15 is 0 Å². The van der Waals surface area contributed by atoms with Crippen molar-refractivity contribution < 1.29 is 14.3 Å². The van der Waals surface area contributed by atoms with E-state index in [9.17, 15) is 14.3 Å². The number of carbonyl (C=O) groups excluding carboxylic acids is 1. The van der Waals surface area contributed by atoms with E-state index < -0.39 is 11.8 Å². The number of aliphatic hydroxyl groups is 1. The first-order chi connectivity index (χ1) is 11.4. The van der Waals surface area contributed by atoms with E-state index in [1.165, 1.54) is 10.7 Å². The third-order valence-corrected chi connectivity index (χ3v) is 4.36. The third kappa shape index (κ3) is 3.41. The summed E-state index contributed by atoms with van der Waals surface area (Å²) in [6.45, 7) is 4.19. The van der Waals surface area contributed by atoms with E-state index in [4.69, 9.17) is 0 Å². The van der Waals surface area contributed by atoms with Gasteiger partial charge in [-0.25, -0.2) is 13.9 Å². The Morgan fingerprint density at radius 1 is 1.38 bits per heavy atom. The Balaban J connectivity index is 1.66. The summed E-state index contributed by atoms with van der Waals surface area (Å²) < 4.78 is 15.9. The molecule has 6 nitrogen and oxygen atoms in total. The van der Waals surface area contributed by atoms with Crippen molar-refractivity contribution in [2.75, 3.05) is 18.5 Å². The van der Waals surface area contributed by atoms with Crippen molar-refractivity contribution in [3.05, 3.63) is 41.5 Å². The number of hydrogen-bond acceptors (Lipinski definition) is 3. The molecule has 1 saturated carbocycles. The molecule has 3 N–H and O–H groups in total. The number of aryl methyl sites for hydroxylation is 2. The lowest BCUT2D eigenvalue weighted by molar-refractivity contribution is 0.206. The lowest BCUT2D eigenvalue weighted by Gasteiger charge is -2.14. The topological polar surface area (TPSA) is 79.2 Å². The Morgan fingerprint density at radius 2 is 2.12 bits per heavy atom. The van der Waals surface area contributed by atoms with Gasteiger partial charge >= 0.3 is 6.03 Å². The number of hydrogen-bond donors (Lipinski definition) is 3. The lowest BCUT2D eigenvalue weighted by atomic mass is 10.1. The van der Waals surface area contributed by atoms with Gasteiger partial charge in [-0.2, -0.15) is 5.10 Å². The molecule has 0 radical (unpaired) electrons. The summed E-state index contributed by atoms with van der Waals surface area (Å²) in [5.41, 5.74) is 2.19. The number of rotatable bonds is 5. The maximum absolute atomic E-state index is 14.3. The van der Waals surface area contributed by atoms with Crippen molar-refractivity contribution in [1.82, 2.24) is 15.1 Å². The van der Waals surface area contributed by atoms with Gasteiger partial charge in [0.2, 0.25) is 0 Å². The molecule has 0 saturated heterocycles. The van der Waals surface area contributed by atoms with Gasteiger partial charge in [-0.05, 0) is 51.0 Å². The maximum atomic E-state index is 14.3. The van der Waals surface area contributed by atoms with Crippen LogP contribution in [0, 0.1) is 25.1 Å². The molecule has 1 heterocycles. The zero-order chi connectivity index (χ0) is 17.3. The highest BCUT2D eigenvalue weighted by Crippen LogP contribution is 2.44. The highest BCUT2D eigenvalue weighted by molar-refractivity contribution is 5.89. The summed E-state index contributed by atoms with van der Waals surface area (Å²) in [5, 5.41) is 18.8. The quantitative estimate of drug-likeness (QED) is 0.787. The number of nitrogens with one attached hydrogen (secondary N) is 2. The molecule has 0 spiro atoms. The minimum Gasteiger partial charge on any atom is -0.396 e. The molecule has 1 aromatic heterocycles. The summed E-state index contributed by atoms with van der Waals surface area (Å²) in [6, 6.07) is 5.94. The summed E-state index contributed by atoms with van der Waals surface area (Å²) in [6.07, 6.45) is 1.82. The average molecular weight is 332 g/mol. The zero-order valence-electron chi connectivity index (χ0n) is 13.8. The Morgan fingerprint density at radius 3 is 2.67 bits per heavy atom. The van der Waals surface area contributed by atoms with Gasteiger partial charge < -0.3 is 15.7 Å². The molecule has 0 atom stereocenters. The van der Waals surface area contributed by atoms with Crippen molar-refractivity contribution in [2.24, 2.45) is 5.41 Å². The first-order valence-electron chi connectivity index (χ1n) is 7.91. The second-order valence-corrected chi connectivity index (χ2v) is 6.47. The van der Waals surface area contributed by atoms with Crippen molar-refractivity contribution in [3.8, 4) is 5.69 Å². The van der Waals surface area contributed by atoms with Gasteiger partial charge in [-0.3, -0.25) is 0 Å². The monoisotopic (exact) mass is 332 g/mol. The van der Waals surface area contributed by atoms with Gasteiger partial charge in [-0.15, -0.1) is 0 Å². The molecule has 128 valence electrons. The van der Waals surface area contributed by atoms with Crippen LogP contribution in [-0.4, -0.2) is 34.1 Å². The maximum Gasteiger partial charge on any atom is 0.319 e. The molecule has 1 aromatic carbocycles. The molecule has 0 bridgehead atoms. The fraction of sp³-hybridized carbons (Fsp3) is 0.412. The van der Waals surface area contributed by atoms with E-state index in [2.05, 4.69) is 15.7 Å². The Labute approximate surface area is 139 Å². The Kier molecular flexibility index (Phi) is 4.28. The molecular weight excluding hydrogens is 311 g/mol. The number of anilines is 1. The van der Waals surface area contributed by atoms with Crippen LogP contribution < -0.4 is 10.6 Å². The number of halogens is 1. The van der Waals surface area contributed by atoms with Crippen LogP contribution in [-0.2, 0) is 0 Å². The molecule has 3 rings (SSSR count). The fourth-order valence-corrected chi connectivity index (χ4v) is 2.64. The van der Waals surface area contributed by atoms with Crippen LogP contribution in [0.1, 0.15) is 24.2 Å². The van der Waals surface area contributed by atoms with E-state index in [0.29, 0.717) is 17.9 Å². The molecule has 1 fully saturated rings. The second-order valence-electron chi connectivity index (χ2n) is 6.47. The summed E-state index contributed by atoms with van der Waals surface area (Å²) in [4.78, 5) is 11.9. The fourth-order valence-electron chi connectivity index (χ4n) is 2.64.